The zero-order valence-corrected chi connectivity index (χ0v) is 13.2. The molecule has 5 nitrogen and oxygen atoms in total. The normalized spacial score (nSPS) is 13.2. The van der Waals surface area contributed by atoms with Crippen LogP contribution in [0.2, 0.25) is 0 Å². The van der Waals surface area contributed by atoms with E-state index in [0.717, 1.165) is 11.8 Å². The zero-order chi connectivity index (χ0) is 15.5. The molecule has 112 valence electrons. The number of pyridine rings is 1. The molecule has 1 atom stereocenters. The summed E-state index contributed by atoms with van der Waals surface area (Å²) in [6.45, 7) is 1.95. The van der Waals surface area contributed by atoms with Gasteiger partial charge in [-0.1, -0.05) is 37.7 Å². The maximum Gasteiger partial charge on any atom is 0.241 e. The second kappa shape index (κ2) is 6.46. The first-order chi connectivity index (χ1) is 9.95. The number of hydrogen-bond donors (Lipinski definition) is 2. The van der Waals surface area contributed by atoms with Crippen molar-refractivity contribution in [1.29, 1.82) is 0 Å². The number of rotatable bonds is 6. The molecule has 3 N–H and O–H groups in total. The van der Waals surface area contributed by atoms with Crippen LogP contribution < -0.4 is 10.5 Å². The third kappa shape index (κ3) is 3.55. The standard InChI is InChI=1S/C14H17N3O2S2/c1-2-4-12(14(15)20)17-21(18,19)13-6-3-5-10-9-16-8-7-11(10)13/h3,5-9,12,17H,2,4H2,1H3,(H2,15,20). The highest BCUT2D eigenvalue weighted by Crippen LogP contribution is 2.22. The van der Waals surface area contributed by atoms with E-state index >= 15 is 0 Å². The topological polar surface area (TPSA) is 85.1 Å². The van der Waals surface area contributed by atoms with Gasteiger partial charge in [0.25, 0.3) is 0 Å². The summed E-state index contributed by atoms with van der Waals surface area (Å²) >= 11 is 4.94. The lowest BCUT2D eigenvalue weighted by atomic mass is 10.2. The minimum Gasteiger partial charge on any atom is -0.392 e. The summed E-state index contributed by atoms with van der Waals surface area (Å²) in [5.41, 5.74) is 5.62. The van der Waals surface area contributed by atoms with E-state index in [2.05, 4.69) is 9.71 Å². The second-order valence-electron chi connectivity index (χ2n) is 4.72. The van der Waals surface area contributed by atoms with Crippen molar-refractivity contribution in [3.05, 3.63) is 36.7 Å². The average Bonchev–Trinajstić information content (AvgIpc) is 2.46. The lowest BCUT2D eigenvalue weighted by Crippen LogP contribution is -2.43. The van der Waals surface area contributed by atoms with Gasteiger partial charge in [0.2, 0.25) is 10.0 Å². The van der Waals surface area contributed by atoms with Crippen molar-refractivity contribution >= 4 is 38.0 Å². The Balaban J connectivity index is 2.44. The molecule has 2 rings (SSSR count). The smallest absolute Gasteiger partial charge is 0.241 e. The molecule has 1 aromatic heterocycles. The van der Waals surface area contributed by atoms with Gasteiger partial charge in [0.1, 0.15) is 0 Å². The number of nitrogens with zero attached hydrogens (tertiary/aromatic N) is 1. The number of hydrogen-bond acceptors (Lipinski definition) is 4. The van der Waals surface area contributed by atoms with E-state index in [1.807, 2.05) is 13.0 Å². The van der Waals surface area contributed by atoms with Crippen LogP contribution in [-0.2, 0) is 10.0 Å². The van der Waals surface area contributed by atoms with Crippen LogP contribution in [0.3, 0.4) is 0 Å². The van der Waals surface area contributed by atoms with Crippen molar-refractivity contribution in [1.82, 2.24) is 9.71 Å². The van der Waals surface area contributed by atoms with E-state index < -0.39 is 16.1 Å². The number of fused-ring (bicyclic) bond motifs is 1. The Morgan fingerprint density at radius 2 is 2.19 bits per heavy atom. The van der Waals surface area contributed by atoms with E-state index in [9.17, 15) is 8.42 Å². The van der Waals surface area contributed by atoms with Gasteiger partial charge in [-0.3, -0.25) is 4.98 Å². The van der Waals surface area contributed by atoms with Gasteiger partial charge in [-0.2, -0.15) is 0 Å². The SMILES string of the molecule is CCCC(NS(=O)(=O)c1cccc2cnccc12)C(N)=S. The summed E-state index contributed by atoms with van der Waals surface area (Å²) in [7, 11) is -3.70. The van der Waals surface area contributed by atoms with E-state index in [4.69, 9.17) is 18.0 Å². The monoisotopic (exact) mass is 323 g/mol. The lowest BCUT2D eigenvalue weighted by molar-refractivity contribution is 0.568. The molecule has 21 heavy (non-hydrogen) atoms. The number of aromatic nitrogens is 1. The maximum atomic E-state index is 12.6. The van der Waals surface area contributed by atoms with Crippen LogP contribution in [0.4, 0.5) is 0 Å². The molecular weight excluding hydrogens is 306 g/mol. The number of nitrogens with one attached hydrogen (secondary N) is 1. The molecule has 0 spiro atoms. The van der Waals surface area contributed by atoms with E-state index in [0.29, 0.717) is 11.8 Å². The van der Waals surface area contributed by atoms with Crippen molar-refractivity contribution in [2.24, 2.45) is 5.73 Å². The highest BCUT2D eigenvalue weighted by atomic mass is 32.2. The van der Waals surface area contributed by atoms with Crippen LogP contribution in [0.25, 0.3) is 10.8 Å². The molecule has 0 saturated carbocycles. The molecule has 7 heteroatoms. The summed E-state index contributed by atoms with van der Waals surface area (Å²) in [4.78, 5) is 4.36. The second-order valence-corrected chi connectivity index (χ2v) is 6.87. The average molecular weight is 323 g/mol. The molecule has 0 radical (unpaired) electrons. The summed E-state index contributed by atoms with van der Waals surface area (Å²) in [6, 6.07) is 6.21. The lowest BCUT2D eigenvalue weighted by Gasteiger charge is -2.17. The van der Waals surface area contributed by atoms with Gasteiger partial charge in [-0.15, -0.1) is 0 Å². The molecule has 0 bridgehead atoms. The van der Waals surface area contributed by atoms with Crippen LogP contribution in [-0.4, -0.2) is 24.4 Å². The minimum absolute atomic E-state index is 0.155. The van der Waals surface area contributed by atoms with Gasteiger partial charge in [0.15, 0.2) is 0 Å². The Kier molecular flexibility index (Phi) is 4.87. The zero-order valence-electron chi connectivity index (χ0n) is 11.6. The van der Waals surface area contributed by atoms with Crippen LogP contribution in [0.5, 0.6) is 0 Å². The van der Waals surface area contributed by atoms with Gasteiger partial charge in [0.05, 0.1) is 15.9 Å². The predicted octanol–water partition coefficient (Wildman–Crippen LogP) is 1.97. The fourth-order valence-electron chi connectivity index (χ4n) is 2.13. The molecule has 0 aliphatic carbocycles. The van der Waals surface area contributed by atoms with Crippen LogP contribution in [0, 0.1) is 0 Å². The third-order valence-corrected chi connectivity index (χ3v) is 4.96. The van der Waals surface area contributed by atoms with Gasteiger partial charge in [-0.05, 0) is 18.6 Å². The first-order valence-corrected chi connectivity index (χ1v) is 8.49. The number of nitrogens with two attached hydrogens (primary N) is 1. The van der Waals surface area contributed by atoms with E-state index in [1.165, 1.54) is 0 Å². The highest BCUT2D eigenvalue weighted by Gasteiger charge is 2.23. The quantitative estimate of drug-likeness (QED) is 0.794. The van der Waals surface area contributed by atoms with Crippen molar-refractivity contribution in [3.8, 4) is 0 Å². The summed E-state index contributed by atoms with van der Waals surface area (Å²) in [5.74, 6) is 0. The first kappa shape index (κ1) is 15.8. The molecule has 0 aliphatic rings. The Morgan fingerprint density at radius 3 is 2.86 bits per heavy atom. The van der Waals surface area contributed by atoms with Gasteiger partial charge >= 0.3 is 0 Å². The third-order valence-electron chi connectivity index (χ3n) is 3.15. The molecule has 0 saturated heterocycles. The van der Waals surface area contributed by atoms with Crippen LogP contribution in [0.1, 0.15) is 19.8 Å². The van der Waals surface area contributed by atoms with E-state index in [-0.39, 0.29) is 9.88 Å². The van der Waals surface area contributed by atoms with Gasteiger partial charge in [0, 0.05) is 23.2 Å². The summed E-state index contributed by atoms with van der Waals surface area (Å²) in [5, 5.41) is 1.39. The van der Waals surface area contributed by atoms with Gasteiger partial charge < -0.3 is 5.73 Å². The van der Waals surface area contributed by atoms with Crippen molar-refractivity contribution in [3.63, 3.8) is 0 Å². The first-order valence-electron chi connectivity index (χ1n) is 6.60. The number of sulfonamides is 1. The molecule has 1 aromatic carbocycles. The molecule has 1 heterocycles. The largest absolute Gasteiger partial charge is 0.392 e. The Bertz CT molecular complexity index is 754. The molecule has 1 unspecified atom stereocenters. The number of thiocarbonyl (C=S) groups is 1. The molecule has 2 aromatic rings. The van der Waals surface area contributed by atoms with Crippen molar-refractivity contribution in [2.75, 3.05) is 0 Å². The fourth-order valence-corrected chi connectivity index (χ4v) is 3.86. The Hall–Kier alpha value is -1.57. The molecule has 0 aliphatic heterocycles. The van der Waals surface area contributed by atoms with Crippen molar-refractivity contribution < 1.29 is 8.42 Å². The summed E-state index contributed by atoms with van der Waals surface area (Å²) in [6.07, 6.45) is 4.55. The Labute approximate surface area is 129 Å². The summed E-state index contributed by atoms with van der Waals surface area (Å²) < 4.78 is 27.8. The molecule has 0 fully saturated rings. The van der Waals surface area contributed by atoms with Crippen LogP contribution >= 0.6 is 12.2 Å². The van der Waals surface area contributed by atoms with Gasteiger partial charge in [-0.25, -0.2) is 13.1 Å². The fraction of sp³-hybridized carbons (Fsp3) is 0.286. The highest BCUT2D eigenvalue weighted by molar-refractivity contribution is 7.90. The van der Waals surface area contributed by atoms with E-state index in [1.54, 1.807) is 30.6 Å². The number of benzene rings is 1. The molecule has 0 amide bonds. The minimum atomic E-state index is -3.70. The Morgan fingerprint density at radius 1 is 1.43 bits per heavy atom. The van der Waals surface area contributed by atoms with Crippen molar-refractivity contribution in [2.45, 2.75) is 30.7 Å². The molecular formula is C14H17N3O2S2. The maximum absolute atomic E-state index is 12.6. The van der Waals surface area contributed by atoms with Crippen LogP contribution in [0.15, 0.2) is 41.6 Å². The predicted molar refractivity (Wildman–Crippen MR) is 87.5 cm³/mol.